The molecule has 8 heteroatoms. The first-order chi connectivity index (χ1) is 8.11. The third kappa shape index (κ3) is 2.10. The van der Waals surface area contributed by atoms with Gasteiger partial charge in [-0.15, -0.1) is 0 Å². The molecule has 90 valence electrons. The zero-order valence-corrected chi connectivity index (χ0v) is 9.14. The van der Waals surface area contributed by atoms with Gasteiger partial charge in [0.15, 0.2) is 11.2 Å². The number of nitrogens with zero attached hydrogens (tertiary/aromatic N) is 3. The molecule has 0 radical (unpaired) electrons. The Morgan fingerprint density at radius 2 is 2.41 bits per heavy atom. The lowest BCUT2D eigenvalue weighted by Crippen LogP contribution is -2.18. The first-order valence-electron chi connectivity index (χ1n) is 4.98. The Balaban J connectivity index is 2.43. The van der Waals surface area contributed by atoms with E-state index in [-0.39, 0.29) is 30.3 Å². The highest BCUT2D eigenvalue weighted by Gasteiger charge is 2.12. The van der Waals surface area contributed by atoms with Gasteiger partial charge in [-0.1, -0.05) is 0 Å². The molecule has 2 rings (SSSR count). The topological polar surface area (TPSA) is 116 Å². The second-order valence-electron chi connectivity index (χ2n) is 3.30. The van der Waals surface area contributed by atoms with Crippen LogP contribution in [0.3, 0.4) is 0 Å². The van der Waals surface area contributed by atoms with Crippen molar-refractivity contribution in [3.8, 4) is 0 Å². The van der Waals surface area contributed by atoms with Crippen LogP contribution in [0.2, 0.25) is 0 Å². The largest absolute Gasteiger partial charge is 0.465 e. The van der Waals surface area contributed by atoms with Gasteiger partial charge in [0, 0.05) is 0 Å². The third-order valence-corrected chi connectivity index (χ3v) is 2.11. The van der Waals surface area contributed by atoms with Crippen LogP contribution in [0.15, 0.2) is 11.1 Å². The number of nitrogens with two attached hydrogens (primary N) is 1. The normalized spacial score (nSPS) is 10.6. The van der Waals surface area contributed by atoms with Crippen molar-refractivity contribution in [3.63, 3.8) is 0 Å². The molecule has 0 saturated carbocycles. The standard InChI is InChI=1S/C9H11N5O3/c1-2-17-5(15)3-14-4-11-7-6(14)8(16)13-9(10)12-7/h4H,2-3H2,1H3,(H3,10,12,13,16). The zero-order chi connectivity index (χ0) is 12.4. The maximum absolute atomic E-state index is 11.6. The zero-order valence-electron chi connectivity index (χ0n) is 9.14. The van der Waals surface area contributed by atoms with E-state index in [9.17, 15) is 9.59 Å². The van der Waals surface area contributed by atoms with Gasteiger partial charge in [0.2, 0.25) is 5.95 Å². The van der Waals surface area contributed by atoms with Gasteiger partial charge in [0.1, 0.15) is 6.54 Å². The van der Waals surface area contributed by atoms with Crippen molar-refractivity contribution < 1.29 is 9.53 Å². The second kappa shape index (κ2) is 4.24. The molecule has 2 aromatic heterocycles. The SMILES string of the molecule is CCOC(=O)Cn1cnc2nc(N)[nH]c(=O)c21. The lowest BCUT2D eigenvalue weighted by atomic mass is 10.5. The number of aromatic amines is 1. The van der Waals surface area contributed by atoms with Gasteiger partial charge < -0.3 is 15.0 Å². The van der Waals surface area contributed by atoms with Gasteiger partial charge in [-0.2, -0.15) is 4.98 Å². The Hall–Kier alpha value is -2.38. The highest BCUT2D eigenvalue weighted by atomic mass is 16.5. The van der Waals surface area contributed by atoms with E-state index >= 15 is 0 Å². The van der Waals surface area contributed by atoms with Crippen molar-refractivity contribution in [1.82, 2.24) is 19.5 Å². The lowest BCUT2D eigenvalue weighted by Gasteiger charge is -2.03. The number of rotatable bonds is 3. The van der Waals surface area contributed by atoms with E-state index in [1.54, 1.807) is 6.92 Å². The van der Waals surface area contributed by atoms with Crippen LogP contribution in [0.1, 0.15) is 6.92 Å². The average Bonchev–Trinajstić information content (AvgIpc) is 2.61. The smallest absolute Gasteiger partial charge is 0.326 e. The van der Waals surface area contributed by atoms with E-state index in [0.717, 1.165) is 0 Å². The Morgan fingerprint density at radius 1 is 1.65 bits per heavy atom. The van der Waals surface area contributed by atoms with E-state index in [1.165, 1.54) is 10.9 Å². The minimum Gasteiger partial charge on any atom is -0.465 e. The van der Waals surface area contributed by atoms with Crippen LogP contribution in [-0.4, -0.2) is 32.1 Å². The number of hydrogen-bond acceptors (Lipinski definition) is 6. The number of esters is 1. The monoisotopic (exact) mass is 237 g/mol. The highest BCUT2D eigenvalue weighted by molar-refractivity contribution is 5.75. The molecule has 3 N–H and O–H groups in total. The van der Waals surface area contributed by atoms with Crippen molar-refractivity contribution in [2.75, 3.05) is 12.3 Å². The number of ether oxygens (including phenoxy) is 1. The number of fused-ring (bicyclic) bond motifs is 1. The average molecular weight is 237 g/mol. The molecular weight excluding hydrogens is 226 g/mol. The summed E-state index contributed by atoms with van der Waals surface area (Å²) in [6.45, 7) is 1.91. The van der Waals surface area contributed by atoms with Crippen LogP contribution in [0.4, 0.5) is 5.95 Å². The number of hydrogen-bond donors (Lipinski definition) is 2. The van der Waals surface area contributed by atoms with Gasteiger partial charge >= 0.3 is 5.97 Å². The fourth-order valence-electron chi connectivity index (χ4n) is 1.47. The minimum atomic E-state index is -0.442. The summed E-state index contributed by atoms with van der Waals surface area (Å²) in [5.74, 6) is -0.452. The van der Waals surface area contributed by atoms with Crippen LogP contribution in [0.25, 0.3) is 11.2 Å². The van der Waals surface area contributed by atoms with E-state index in [1.807, 2.05) is 0 Å². The molecule has 0 unspecified atom stereocenters. The van der Waals surface area contributed by atoms with Crippen molar-refractivity contribution in [3.05, 3.63) is 16.7 Å². The predicted molar refractivity (Wildman–Crippen MR) is 59.2 cm³/mol. The molecule has 0 atom stereocenters. The molecule has 0 bridgehead atoms. The Kier molecular flexibility index (Phi) is 2.77. The number of nitrogens with one attached hydrogen (secondary N) is 1. The Bertz CT molecular complexity index is 615. The fourth-order valence-corrected chi connectivity index (χ4v) is 1.47. The summed E-state index contributed by atoms with van der Waals surface area (Å²) < 4.78 is 6.16. The van der Waals surface area contributed by atoms with Crippen molar-refractivity contribution in [2.24, 2.45) is 0 Å². The number of anilines is 1. The van der Waals surface area contributed by atoms with E-state index in [4.69, 9.17) is 10.5 Å². The molecule has 0 aliphatic carbocycles. The van der Waals surface area contributed by atoms with E-state index in [2.05, 4.69) is 15.0 Å². The van der Waals surface area contributed by atoms with Gasteiger partial charge in [-0.3, -0.25) is 14.6 Å². The van der Waals surface area contributed by atoms with Crippen LogP contribution >= 0.6 is 0 Å². The molecule has 0 fully saturated rings. The maximum Gasteiger partial charge on any atom is 0.326 e. The first kappa shape index (κ1) is 11.1. The molecule has 0 saturated heterocycles. The third-order valence-electron chi connectivity index (χ3n) is 2.11. The molecule has 0 amide bonds. The van der Waals surface area contributed by atoms with E-state index in [0.29, 0.717) is 0 Å². The summed E-state index contributed by atoms with van der Waals surface area (Å²) >= 11 is 0. The molecule has 0 aliphatic rings. The number of aromatic nitrogens is 4. The number of carbonyl (C=O) groups is 1. The summed E-state index contributed by atoms with van der Waals surface area (Å²) in [6.07, 6.45) is 1.35. The number of nitrogen functional groups attached to an aromatic ring is 1. The molecule has 0 aromatic carbocycles. The Morgan fingerprint density at radius 3 is 3.12 bits per heavy atom. The number of carbonyl (C=O) groups excluding carboxylic acids is 1. The van der Waals surface area contributed by atoms with E-state index < -0.39 is 11.5 Å². The van der Waals surface area contributed by atoms with Crippen LogP contribution in [-0.2, 0) is 16.1 Å². The lowest BCUT2D eigenvalue weighted by molar-refractivity contribution is -0.143. The van der Waals surface area contributed by atoms with Crippen LogP contribution < -0.4 is 11.3 Å². The van der Waals surface area contributed by atoms with Crippen molar-refractivity contribution >= 4 is 23.1 Å². The van der Waals surface area contributed by atoms with Crippen molar-refractivity contribution in [1.29, 1.82) is 0 Å². The quantitative estimate of drug-likeness (QED) is 0.679. The summed E-state index contributed by atoms with van der Waals surface area (Å²) in [5.41, 5.74) is 5.34. The van der Waals surface area contributed by atoms with Crippen LogP contribution in [0.5, 0.6) is 0 Å². The summed E-state index contributed by atoms with van der Waals surface area (Å²) in [4.78, 5) is 33.0. The van der Waals surface area contributed by atoms with Crippen molar-refractivity contribution in [2.45, 2.75) is 13.5 Å². The summed E-state index contributed by atoms with van der Waals surface area (Å²) in [6, 6.07) is 0. The molecular formula is C9H11N5O3. The molecule has 8 nitrogen and oxygen atoms in total. The molecule has 2 aromatic rings. The maximum atomic E-state index is 11.6. The molecule has 0 spiro atoms. The first-order valence-corrected chi connectivity index (χ1v) is 4.98. The molecule has 17 heavy (non-hydrogen) atoms. The van der Waals surface area contributed by atoms with Gasteiger partial charge in [0.05, 0.1) is 12.9 Å². The summed E-state index contributed by atoms with van der Waals surface area (Å²) in [7, 11) is 0. The number of imidazole rings is 1. The summed E-state index contributed by atoms with van der Waals surface area (Å²) in [5, 5.41) is 0. The molecule has 2 heterocycles. The van der Waals surface area contributed by atoms with Gasteiger partial charge in [-0.05, 0) is 6.92 Å². The predicted octanol–water partition coefficient (Wildman–Crippen LogP) is -0.735. The minimum absolute atomic E-state index is 0.0103. The van der Waals surface area contributed by atoms with Crippen LogP contribution in [0, 0.1) is 0 Å². The van der Waals surface area contributed by atoms with Gasteiger partial charge in [0.25, 0.3) is 5.56 Å². The highest BCUT2D eigenvalue weighted by Crippen LogP contribution is 2.05. The number of H-pyrrole nitrogens is 1. The van der Waals surface area contributed by atoms with Gasteiger partial charge in [-0.25, -0.2) is 4.98 Å². The molecule has 0 aliphatic heterocycles. The second-order valence-corrected chi connectivity index (χ2v) is 3.30. The fraction of sp³-hybridized carbons (Fsp3) is 0.333. The Labute approximate surface area is 95.4 Å².